The average Bonchev–Trinajstić information content (AvgIpc) is 2.99. The number of Topliss-reactive ketones (excluding diaryl/α,β-unsaturated/α-hetero) is 2. The smallest absolute Gasteiger partial charge is 0.264 e. The molecule has 0 spiro atoms. The van der Waals surface area contributed by atoms with Gasteiger partial charge in [0.25, 0.3) is 10.0 Å². The molecule has 4 rings (SSSR count). The van der Waals surface area contributed by atoms with Gasteiger partial charge in [0.15, 0.2) is 0 Å². The molecule has 1 aliphatic carbocycles. The van der Waals surface area contributed by atoms with Gasteiger partial charge >= 0.3 is 0 Å². The van der Waals surface area contributed by atoms with E-state index in [0.29, 0.717) is 11.3 Å². The summed E-state index contributed by atoms with van der Waals surface area (Å²) in [5, 5.41) is 0. The number of rotatable bonds is 4. The summed E-state index contributed by atoms with van der Waals surface area (Å²) in [4.78, 5) is 25.7. The zero-order valence-corrected chi connectivity index (χ0v) is 17.4. The molecular formula is C22H23NO5S. The Balaban J connectivity index is 2.00. The maximum Gasteiger partial charge on any atom is 0.264 e. The summed E-state index contributed by atoms with van der Waals surface area (Å²) in [5.74, 6) is -0.313. The van der Waals surface area contributed by atoms with E-state index in [1.54, 1.807) is 48.5 Å². The van der Waals surface area contributed by atoms with Crippen molar-refractivity contribution in [3.63, 3.8) is 0 Å². The molecule has 0 radical (unpaired) electrons. The van der Waals surface area contributed by atoms with E-state index in [9.17, 15) is 18.0 Å². The third kappa shape index (κ3) is 2.68. The molecule has 0 unspecified atom stereocenters. The van der Waals surface area contributed by atoms with E-state index >= 15 is 0 Å². The van der Waals surface area contributed by atoms with Gasteiger partial charge in [0.2, 0.25) is 0 Å². The number of anilines is 1. The van der Waals surface area contributed by atoms with E-state index < -0.39 is 27.6 Å². The number of nitrogens with zero attached hydrogens (tertiary/aromatic N) is 1. The van der Waals surface area contributed by atoms with Crippen molar-refractivity contribution in [1.82, 2.24) is 0 Å². The van der Waals surface area contributed by atoms with Gasteiger partial charge in [-0.2, -0.15) is 0 Å². The molecule has 1 saturated carbocycles. The lowest BCUT2D eigenvalue weighted by atomic mass is 9.63. The molecule has 0 saturated heterocycles. The van der Waals surface area contributed by atoms with Crippen molar-refractivity contribution in [2.24, 2.45) is 0 Å². The van der Waals surface area contributed by atoms with E-state index in [0.717, 1.165) is 5.56 Å². The minimum Gasteiger partial charge on any atom is -0.380 e. The van der Waals surface area contributed by atoms with Crippen molar-refractivity contribution in [3.8, 4) is 0 Å². The third-order valence-corrected chi connectivity index (χ3v) is 8.02. The van der Waals surface area contributed by atoms with Crippen molar-refractivity contribution in [3.05, 3.63) is 59.7 Å². The van der Waals surface area contributed by atoms with Crippen LogP contribution in [-0.2, 0) is 29.8 Å². The largest absolute Gasteiger partial charge is 0.380 e. The number of carbonyl (C=O) groups excluding carboxylic acids is 2. The average molecular weight is 413 g/mol. The van der Waals surface area contributed by atoms with Crippen LogP contribution in [0.3, 0.4) is 0 Å². The Morgan fingerprint density at radius 1 is 1.10 bits per heavy atom. The summed E-state index contributed by atoms with van der Waals surface area (Å²) >= 11 is 0. The maximum atomic E-state index is 13.7. The van der Waals surface area contributed by atoms with Gasteiger partial charge in [-0.1, -0.05) is 35.9 Å². The predicted molar refractivity (Wildman–Crippen MR) is 108 cm³/mol. The molecule has 0 amide bonds. The quantitative estimate of drug-likeness (QED) is 0.770. The predicted octanol–water partition coefficient (Wildman–Crippen LogP) is 2.78. The second-order valence-electron chi connectivity index (χ2n) is 7.74. The Morgan fingerprint density at radius 3 is 2.38 bits per heavy atom. The van der Waals surface area contributed by atoms with Crippen molar-refractivity contribution < 1.29 is 22.7 Å². The first-order chi connectivity index (χ1) is 13.7. The van der Waals surface area contributed by atoms with Crippen molar-refractivity contribution in [1.29, 1.82) is 0 Å². The number of ether oxygens (including phenoxy) is 1. The zero-order chi connectivity index (χ0) is 21.0. The Labute approximate surface area is 170 Å². The zero-order valence-electron chi connectivity index (χ0n) is 16.6. The number of fused-ring (bicyclic) bond motifs is 3. The molecule has 0 aromatic heterocycles. The minimum atomic E-state index is -3.99. The number of carbonyl (C=O) groups is 2. The van der Waals surface area contributed by atoms with Crippen molar-refractivity contribution in [2.75, 3.05) is 11.4 Å². The summed E-state index contributed by atoms with van der Waals surface area (Å²) in [6.07, 6.45) is -0.663. The van der Waals surface area contributed by atoms with Gasteiger partial charge in [-0.3, -0.25) is 13.9 Å². The molecule has 6 nitrogen and oxygen atoms in total. The molecule has 7 heteroatoms. The minimum absolute atomic E-state index is 0.0286. The van der Waals surface area contributed by atoms with Gasteiger partial charge < -0.3 is 4.74 Å². The number of benzene rings is 2. The molecule has 1 fully saturated rings. The van der Waals surface area contributed by atoms with E-state index in [4.69, 9.17) is 4.74 Å². The number of ketones is 2. The van der Waals surface area contributed by atoms with Crippen LogP contribution in [0.4, 0.5) is 5.69 Å². The molecule has 0 bridgehead atoms. The Morgan fingerprint density at radius 2 is 1.76 bits per heavy atom. The van der Waals surface area contributed by atoms with Gasteiger partial charge in [-0.25, -0.2) is 8.42 Å². The summed E-state index contributed by atoms with van der Waals surface area (Å²) < 4.78 is 34.3. The summed E-state index contributed by atoms with van der Waals surface area (Å²) in [7, 11) is -2.53. The number of para-hydroxylation sites is 1. The van der Waals surface area contributed by atoms with Crippen molar-refractivity contribution >= 4 is 27.3 Å². The lowest BCUT2D eigenvalue weighted by Crippen LogP contribution is -2.61. The maximum absolute atomic E-state index is 13.7. The lowest BCUT2D eigenvalue weighted by Gasteiger charge is -2.44. The van der Waals surface area contributed by atoms with Crippen LogP contribution in [0, 0.1) is 6.92 Å². The highest BCUT2D eigenvalue weighted by molar-refractivity contribution is 7.93. The SMILES string of the molecule is CO[C@@H]1CC(=O)C[C@@H]2N(S(=O)(=O)c3ccc(C)cc3)c3ccccc3[C@@]21C(C)=O. The third-order valence-electron chi connectivity index (χ3n) is 6.18. The van der Waals surface area contributed by atoms with E-state index in [-0.39, 0.29) is 29.3 Å². The van der Waals surface area contributed by atoms with E-state index in [1.165, 1.54) is 18.3 Å². The Kier molecular flexibility index (Phi) is 4.63. The normalized spacial score (nSPS) is 26.2. The van der Waals surface area contributed by atoms with Gasteiger partial charge in [0, 0.05) is 20.0 Å². The first kappa shape index (κ1) is 19.8. The topological polar surface area (TPSA) is 80.8 Å². The molecular weight excluding hydrogens is 390 g/mol. The number of methoxy groups -OCH3 is 1. The summed E-state index contributed by atoms with van der Waals surface area (Å²) in [5.41, 5.74) is 0.769. The van der Waals surface area contributed by atoms with Gasteiger partial charge in [0.05, 0.1) is 22.7 Å². The monoisotopic (exact) mass is 413 g/mol. The highest BCUT2D eigenvalue weighted by atomic mass is 32.2. The highest BCUT2D eigenvalue weighted by Gasteiger charge is 2.64. The van der Waals surface area contributed by atoms with Crippen LogP contribution >= 0.6 is 0 Å². The molecule has 1 heterocycles. The van der Waals surface area contributed by atoms with Gasteiger partial charge in [-0.15, -0.1) is 0 Å². The molecule has 2 aromatic rings. The van der Waals surface area contributed by atoms with Crippen LogP contribution in [-0.4, -0.2) is 39.2 Å². The molecule has 1 aliphatic heterocycles. The Bertz CT molecular complexity index is 1090. The molecule has 2 aliphatic rings. The van der Waals surface area contributed by atoms with Crippen LogP contribution in [0.2, 0.25) is 0 Å². The second kappa shape index (κ2) is 6.78. The molecule has 3 atom stereocenters. The Hall–Kier alpha value is -2.51. The fourth-order valence-electron chi connectivity index (χ4n) is 4.89. The fraction of sp³-hybridized carbons (Fsp3) is 0.364. The summed E-state index contributed by atoms with van der Waals surface area (Å²) in [6.45, 7) is 3.33. The highest BCUT2D eigenvalue weighted by Crippen LogP contribution is 2.54. The molecule has 2 aromatic carbocycles. The molecule has 152 valence electrons. The van der Waals surface area contributed by atoms with Crippen LogP contribution in [0.25, 0.3) is 0 Å². The fourth-order valence-corrected chi connectivity index (χ4v) is 6.59. The van der Waals surface area contributed by atoms with Crippen molar-refractivity contribution in [2.45, 2.75) is 49.1 Å². The number of aryl methyl sites for hydroxylation is 1. The van der Waals surface area contributed by atoms with Crippen LogP contribution in [0.1, 0.15) is 30.9 Å². The van der Waals surface area contributed by atoms with Crippen LogP contribution in [0.5, 0.6) is 0 Å². The van der Waals surface area contributed by atoms with Gasteiger partial charge in [-0.05, 0) is 37.6 Å². The molecule has 29 heavy (non-hydrogen) atoms. The lowest BCUT2D eigenvalue weighted by molar-refractivity contribution is -0.137. The number of hydrogen-bond acceptors (Lipinski definition) is 5. The summed E-state index contributed by atoms with van der Waals surface area (Å²) in [6, 6.07) is 12.7. The van der Waals surface area contributed by atoms with Gasteiger partial charge in [0.1, 0.15) is 17.0 Å². The first-order valence-corrected chi connectivity index (χ1v) is 10.9. The van der Waals surface area contributed by atoms with Crippen LogP contribution in [0.15, 0.2) is 53.4 Å². The standard InChI is InChI=1S/C22H23NO5S/c1-14-8-10-17(11-9-14)29(26,27)23-19-7-5-4-6-18(19)22(15(2)24)20(23)12-16(25)13-21(22)28-3/h4-11,20-21H,12-13H2,1-3H3/t20-,21+,22-/m0/s1. The number of sulfonamides is 1. The second-order valence-corrected chi connectivity index (χ2v) is 9.56. The van der Waals surface area contributed by atoms with E-state index in [1.807, 2.05) is 6.92 Å². The van der Waals surface area contributed by atoms with Crippen LogP contribution < -0.4 is 4.31 Å². The first-order valence-electron chi connectivity index (χ1n) is 9.50. The van der Waals surface area contributed by atoms with E-state index in [2.05, 4.69) is 0 Å². The number of hydrogen-bond donors (Lipinski definition) is 0. The molecule has 0 N–H and O–H groups in total.